The Morgan fingerprint density at radius 2 is 2.29 bits per heavy atom. The molecular formula is C11H9N2O. The summed E-state index contributed by atoms with van der Waals surface area (Å²) < 4.78 is 0. The quantitative estimate of drug-likeness (QED) is 0.666. The third kappa shape index (κ3) is 1.44. The van der Waals surface area contributed by atoms with Crippen LogP contribution in [0, 0.1) is 6.20 Å². The smallest absolute Gasteiger partial charge is 0.213 e. The summed E-state index contributed by atoms with van der Waals surface area (Å²) in [7, 11) is 1.72. The van der Waals surface area contributed by atoms with Gasteiger partial charge < -0.3 is 4.90 Å². The standard InChI is InChI=1S/C11H9N2O/c1-13(8-14)10-4-5-11-9(7-10)3-2-6-12-11/h2-5,7-8H,1H3. The molecule has 69 valence electrons. The zero-order chi connectivity index (χ0) is 9.97. The molecule has 1 aromatic carbocycles. The number of carbonyl (C=O) groups is 1. The van der Waals surface area contributed by atoms with Crippen molar-refractivity contribution >= 4 is 23.0 Å². The molecule has 2 rings (SSSR count). The second-order valence-corrected chi connectivity index (χ2v) is 3.03. The van der Waals surface area contributed by atoms with Gasteiger partial charge in [-0.05, 0) is 24.3 Å². The van der Waals surface area contributed by atoms with Crippen LogP contribution in [0.2, 0.25) is 0 Å². The van der Waals surface area contributed by atoms with E-state index in [-0.39, 0.29) is 0 Å². The van der Waals surface area contributed by atoms with Gasteiger partial charge in [0.1, 0.15) is 0 Å². The summed E-state index contributed by atoms with van der Waals surface area (Å²) in [5.41, 5.74) is 1.75. The van der Waals surface area contributed by atoms with Crippen LogP contribution in [-0.2, 0) is 4.79 Å². The van der Waals surface area contributed by atoms with Gasteiger partial charge in [0.2, 0.25) is 6.41 Å². The minimum absolute atomic E-state index is 0.781. The van der Waals surface area contributed by atoms with Crippen LogP contribution in [-0.4, -0.2) is 18.4 Å². The fourth-order valence-electron chi connectivity index (χ4n) is 1.29. The number of aromatic nitrogens is 1. The first-order valence-corrected chi connectivity index (χ1v) is 4.26. The van der Waals surface area contributed by atoms with E-state index in [0.717, 1.165) is 23.0 Å². The highest BCUT2D eigenvalue weighted by molar-refractivity contribution is 5.85. The zero-order valence-electron chi connectivity index (χ0n) is 7.77. The molecule has 1 heterocycles. The maximum Gasteiger partial charge on any atom is 0.213 e. The molecule has 1 radical (unpaired) electrons. The number of benzene rings is 1. The van der Waals surface area contributed by atoms with Crippen molar-refractivity contribution in [3.8, 4) is 0 Å². The van der Waals surface area contributed by atoms with Crippen LogP contribution in [0.5, 0.6) is 0 Å². The van der Waals surface area contributed by atoms with Crippen molar-refractivity contribution in [3.63, 3.8) is 0 Å². The molecule has 3 heteroatoms. The van der Waals surface area contributed by atoms with Crippen LogP contribution in [0.15, 0.2) is 30.3 Å². The number of fused-ring (bicyclic) bond motifs is 1. The third-order valence-electron chi connectivity index (χ3n) is 2.10. The average Bonchev–Trinajstić information content (AvgIpc) is 2.27. The van der Waals surface area contributed by atoms with Crippen molar-refractivity contribution in [2.24, 2.45) is 0 Å². The lowest BCUT2D eigenvalue weighted by molar-refractivity contribution is -0.107. The van der Waals surface area contributed by atoms with E-state index in [4.69, 9.17) is 0 Å². The molecule has 14 heavy (non-hydrogen) atoms. The molecule has 0 saturated carbocycles. The van der Waals surface area contributed by atoms with Gasteiger partial charge in [-0.15, -0.1) is 0 Å². The molecule has 1 amide bonds. The Hall–Kier alpha value is -1.90. The number of carbonyl (C=O) groups excluding carboxylic acids is 1. The van der Waals surface area contributed by atoms with Crippen LogP contribution >= 0.6 is 0 Å². The normalized spacial score (nSPS) is 10.1. The minimum atomic E-state index is 0.781. The highest BCUT2D eigenvalue weighted by Crippen LogP contribution is 2.18. The Labute approximate surface area is 82.0 Å². The Bertz CT molecular complexity index is 468. The lowest BCUT2D eigenvalue weighted by Gasteiger charge is -2.10. The summed E-state index contributed by atoms with van der Waals surface area (Å²) >= 11 is 0. The molecule has 2 aromatic rings. The lowest BCUT2D eigenvalue weighted by Crippen LogP contribution is -2.13. The molecule has 0 spiro atoms. The molecule has 0 saturated heterocycles. The monoisotopic (exact) mass is 185 g/mol. The Morgan fingerprint density at radius 3 is 3.07 bits per heavy atom. The van der Waals surface area contributed by atoms with Gasteiger partial charge in [-0.25, -0.2) is 4.98 Å². The van der Waals surface area contributed by atoms with Gasteiger partial charge in [-0.1, -0.05) is 6.07 Å². The van der Waals surface area contributed by atoms with E-state index in [9.17, 15) is 4.79 Å². The van der Waals surface area contributed by atoms with Crippen molar-refractivity contribution < 1.29 is 4.79 Å². The lowest BCUT2D eigenvalue weighted by atomic mass is 10.2. The third-order valence-corrected chi connectivity index (χ3v) is 2.10. The van der Waals surface area contributed by atoms with E-state index in [1.807, 2.05) is 24.3 Å². The molecule has 0 fully saturated rings. The first kappa shape index (κ1) is 8.69. The number of anilines is 1. The maximum atomic E-state index is 10.5. The molecule has 0 N–H and O–H groups in total. The summed E-state index contributed by atoms with van der Waals surface area (Å²) in [6, 6.07) is 9.33. The number of nitrogens with zero attached hydrogens (tertiary/aromatic N) is 2. The second kappa shape index (κ2) is 3.46. The van der Waals surface area contributed by atoms with E-state index >= 15 is 0 Å². The molecule has 0 bridgehead atoms. The first-order valence-electron chi connectivity index (χ1n) is 4.26. The predicted molar refractivity (Wildman–Crippen MR) is 55.0 cm³/mol. The molecule has 0 aliphatic rings. The predicted octanol–water partition coefficient (Wildman–Crippen LogP) is 1.63. The summed E-state index contributed by atoms with van der Waals surface area (Å²) in [5, 5.41) is 1.01. The van der Waals surface area contributed by atoms with Crippen LogP contribution in [0.1, 0.15) is 0 Å². The summed E-state index contributed by atoms with van der Waals surface area (Å²) in [6.07, 6.45) is 3.55. The highest BCUT2D eigenvalue weighted by Gasteiger charge is 2.00. The van der Waals surface area contributed by atoms with E-state index in [0.29, 0.717) is 0 Å². The van der Waals surface area contributed by atoms with E-state index in [1.54, 1.807) is 13.1 Å². The van der Waals surface area contributed by atoms with Crippen molar-refractivity contribution in [3.05, 3.63) is 36.5 Å². The largest absolute Gasteiger partial charge is 0.318 e. The molecule has 0 aliphatic carbocycles. The summed E-state index contributed by atoms with van der Waals surface area (Å²) in [6.45, 7) is 0. The second-order valence-electron chi connectivity index (χ2n) is 3.03. The molecule has 3 nitrogen and oxygen atoms in total. The molecule has 0 atom stereocenters. The van der Waals surface area contributed by atoms with Crippen LogP contribution < -0.4 is 4.90 Å². The number of hydrogen-bond donors (Lipinski definition) is 0. The van der Waals surface area contributed by atoms with Crippen molar-refractivity contribution in [2.75, 3.05) is 11.9 Å². The van der Waals surface area contributed by atoms with Gasteiger partial charge in [0, 0.05) is 18.1 Å². The zero-order valence-corrected chi connectivity index (χ0v) is 7.77. The van der Waals surface area contributed by atoms with E-state index in [2.05, 4.69) is 11.2 Å². The van der Waals surface area contributed by atoms with Crippen molar-refractivity contribution in [1.29, 1.82) is 0 Å². The minimum Gasteiger partial charge on any atom is -0.318 e. The Kier molecular flexibility index (Phi) is 2.14. The first-order chi connectivity index (χ1) is 6.81. The Balaban J connectivity index is 2.56. The number of pyridine rings is 1. The number of amides is 1. The Morgan fingerprint density at radius 1 is 1.43 bits per heavy atom. The van der Waals surface area contributed by atoms with Crippen molar-refractivity contribution in [1.82, 2.24) is 4.98 Å². The maximum absolute atomic E-state index is 10.5. The molecule has 1 aromatic heterocycles. The SMILES string of the molecule is CN(C=O)c1ccc2n[c]ccc2c1. The van der Waals surface area contributed by atoms with Gasteiger partial charge in [-0.3, -0.25) is 4.79 Å². The van der Waals surface area contributed by atoms with Crippen LogP contribution in [0.4, 0.5) is 5.69 Å². The van der Waals surface area contributed by atoms with Gasteiger partial charge in [0.15, 0.2) is 0 Å². The fourth-order valence-corrected chi connectivity index (χ4v) is 1.29. The van der Waals surface area contributed by atoms with Gasteiger partial charge in [0.25, 0.3) is 0 Å². The highest BCUT2D eigenvalue weighted by atomic mass is 16.1. The van der Waals surface area contributed by atoms with Gasteiger partial charge in [0.05, 0.1) is 11.7 Å². The van der Waals surface area contributed by atoms with E-state index < -0.39 is 0 Å². The molecule has 0 aliphatic heterocycles. The van der Waals surface area contributed by atoms with E-state index in [1.165, 1.54) is 4.90 Å². The van der Waals surface area contributed by atoms with Gasteiger partial charge >= 0.3 is 0 Å². The topological polar surface area (TPSA) is 33.2 Å². The number of rotatable bonds is 2. The van der Waals surface area contributed by atoms with Crippen LogP contribution in [0.3, 0.4) is 0 Å². The summed E-state index contributed by atoms with van der Waals surface area (Å²) in [4.78, 5) is 16.1. The molecular weight excluding hydrogens is 176 g/mol. The number of hydrogen-bond acceptors (Lipinski definition) is 2. The molecule has 0 unspecified atom stereocenters. The van der Waals surface area contributed by atoms with Crippen LogP contribution in [0.25, 0.3) is 10.9 Å². The van der Waals surface area contributed by atoms with Crippen molar-refractivity contribution in [2.45, 2.75) is 0 Å². The van der Waals surface area contributed by atoms with Gasteiger partial charge in [-0.2, -0.15) is 0 Å². The average molecular weight is 185 g/mol. The summed E-state index contributed by atoms with van der Waals surface area (Å²) in [5.74, 6) is 0. The fraction of sp³-hybridized carbons (Fsp3) is 0.0909.